The average Bonchev–Trinajstić information content (AvgIpc) is 0.762. The van der Waals surface area contributed by atoms with E-state index in [1.165, 1.54) is 42.5 Å². The number of para-hydroxylation sites is 5. The highest BCUT2D eigenvalue weighted by Crippen LogP contribution is 2.42. The molecule has 0 bridgehead atoms. The molecule has 0 heterocycles. The largest absolute Gasteiger partial charge is 0.508 e. The van der Waals surface area contributed by atoms with E-state index in [4.69, 9.17) is 35.7 Å². The summed E-state index contributed by atoms with van der Waals surface area (Å²) in [5.41, 5.74) is 11.8. The highest BCUT2D eigenvalue weighted by atomic mass is 16.3. The first-order valence-corrected chi connectivity index (χ1v) is 42.7. The van der Waals surface area contributed by atoms with E-state index < -0.39 is 5.41 Å². The molecular formula is C115H132O19. The Hall–Kier alpha value is -16.3. The van der Waals surface area contributed by atoms with Crippen LogP contribution in [0.25, 0.3) is 11.1 Å². The van der Waals surface area contributed by atoms with Crippen LogP contribution in [0.3, 0.4) is 0 Å². The van der Waals surface area contributed by atoms with Gasteiger partial charge in [-0.25, -0.2) is 0 Å². The molecule has 16 aromatic carbocycles. The van der Waals surface area contributed by atoms with Crippen LogP contribution in [0.5, 0.6) is 109 Å². The fourth-order valence-electron chi connectivity index (χ4n) is 12.1. The quantitative estimate of drug-likeness (QED) is 0.0566. The van der Waals surface area contributed by atoms with E-state index in [1.807, 2.05) is 148 Å². The van der Waals surface area contributed by atoms with E-state index in [2.05, 4.69) is 62.3 Å². The molecule has 0 fully saturated rings. The van der Waals surface area contributed by atoms with E-state index in [1.54, 1.807) is 212 Å². The van der Waals surface area contributed by atoms with Crippen LogP contribution in [0.1, 0.15) is 139 Å². The lowest BCUT2D eigenvalue weighted by Crippen LogP contribution is -2.25. The van der Waals surface area contributed by atoms with Crippen LogP contribution in [0.15, 0.2) is 382 Å². The van der Waals surface area contributed by atoms with Crippen molar-refractivity contribution in [1.29, 1.82) is 0 Å². The highest BCUT2D eigenvalue weighted by molar-refractivity contribution is 5.67. The third kappa shape index (κ3) is 40.6. The molecule has 19 heteroatoms. The van der Waals surface area contributed by atoms with E-state index in [0.29, 0.717) is 75.3 Å². The molecule has 0 aliphatic heterocycles. The summed E-state index contributed by atoms with van der Waals surface area (Å²) >= 11 is 0. The number of benzene rings is 16. The molecule has 0 saturated heterocycles. The van der Waals surface area contributed by atoms with Crippen LogP contribution >= 0.6 is 0 Å². The maximum atomic E-state index is 10.7. The van der Waals surface area contributed by atoms with Crippen molar-refractivity contribution in [2.24, 2.45) is 11.8 Å². The molecule has 19 N–H and O–H groups in total. The molecule has 0 atom stereocenters. The second-order valence-corrected chi connectivity index (χ2v) is 32.6. The number of aromatic hydroxyl groups is 19. The predicted molar refractivity (Wildman–Crippen MR) is 543 cm³/mol. The molecule has 0 aromatic heterocycles. The number of rotatable bonds is 10. The van der Waals surface area contributed by atoms with Crippen molar-refractivity contribution >= 4 is 0 Å². The minimum absolute atomic E-state index is 0. The van der Waals surface area contributed by atoms with Gasteiger partial charge >= 0.3 is 0 Å². The third-order valence-corrected chi connectivity index (χ3v) is 19.2. The number of hydrogen-bond donors (Lipinski definition) is 19. The van der Waals surface area contributed by atoms with Gasteiger partial charge in [0.2, 0.25) is 0 Å². The fraction of sp³-hybridized carbons (Fsp3) is 0.165. The lowest BCUT2D eigenvalue weighted by atomic mass is 9.71. The second-order valence-electron chi connectivity index (χ2n) is 32.6. The van der Waals surface area contributed by atoms with Crippen molar-refractivity contribution in [2.75, 3.05) is 0 Å². The topological polar surface area (TPSA) is 384 Å². The number of phenolic OH excluding ortho intramolecular Hbond substituents is 19. The first-order chi connectivity index (χ1) is 63.1. The molecule has 0 radical (unpaired) electrons. The van der Waals surface area contributed by atoms with Crippen molar-refractivity contribution in [2.45, 2.75) is 114 Å². The summed E-state index contributed by atoms with van der Waals surface area (Å²) in [4.78, 5) is 0. The molecule has 16 aromatic rings. The van der Waals surface area contributed by atoms with Gasteiger partial charge < -0.3 is 97.0 Å². The Kier molecular flexibility index (Phi) is 46.7. The Morgan fingerprint density at radius 3 is 0.619 bits per heavy atom. The summed E-state index contributed by atoms with van der Waals surface area (Å²) in [6.45, 7) is 25.0. The Bertz CT molecular complexity index is 5470. The molecule has 706 valence electrons. The number of phenols is 19. The number of aryl methyl sites for hydroxylation is 3. The van der Waals surface area contributed by atoms with Crippen molar-refractivity contribution in [3.63, 3.8) is 0 Å². The smallest absolute Gasteiger partial charge is 0.122 e. The SMILES string of the molecule is C.CC(C)(c1ccc(O)cc1)c1ccc(O)cc1.CC(C)C.CC(C)C.CC(c1ccc(O)cc1)(c1ccc(O)cc1)c1ccc(O)cc1.Cc1cc(-c2ccc(O)c(C)c2)ccc1O.Cc1cc(Cc2ccc(O)cc2O)c(O)c(Cc2ccc(O)cc2O)c1.Oc1cccc(O)c1.Oc1ccccc1.Oc1ccccc1.Oc1ccccc1.Oc1ccccc1.Oc1ccccc1.[HH].[HH]. The zero-order chi connectivity index (χ0) is 98.2. The second kappa shape index (κ2) is 56.9. The summed E-state index contributed by atoms with van der Waals surface area (Å²) in [7, 11) is 0. The molecule has 19 nitrogen and oxygen atoms in total. The van der Waals surface area contributed by atoms with Gasteiger partial charge in [-0.15, -0.1) is 0 Å². The summed E-state index contributed by atoms with van der Waals surface area (Å²) in [5.74, 6) is 5.22. The monoisotopic (exact) mass is 1820 g/mol. The first-order valence-electron chi connectivity index (χ1n) is 42.7. The molecule has 134 heavy (non-hydrogen) atoms. The summed E-state index contributed by atoms with van der Waals surface area (Å²) in [6, 6.07) is 108. The van der Waals surface area contributed by atoms with E-state index >= 15 is 0 Å². The van der Waals surface area contributed by atoms with Gasteiger partial charge in [-0.1, -0.05) is 263 Å². The molecule has 0 amide bonds. The Balaban J connectivity index is 0.000000524. The molecule has 0 spiro atoms. The van der Waals surface area contributed by atoms with Crippen molar-refractivity contribution < 1.29 is 99.9 Å². The molecular weight excluding hydrogens is 1690 g/mol. The Morgan fingerprint density at radius 1 is 0.209 bits per heavy atom. The molecule has 0 aliphatic rings. The highest BCUT2D eigenvalue weighted by Gasteiger charge is 2.31. The van der Waals surface area contributed by atoms with Crippen LogP contribution in [0, 0.1) is 32.6 Å². The maximum Gasteiger partial charge on any atom is 0.122 e. The predicted octanol–water partition coefficient (Wildman–Crippen LogP) is 27.2. The third-order valence-electron chi connectivity index (χ3n) is 19.2. The van der Waals surface area contributed by atoms with Gasteiger partial charge in [-0.3, -0.25) is 0 Å². The van der Waals surface area contributed by atoms with Gasteiger partial charge in [0.25, 0.3) is 0 Å². The van der Waals surface area contributed by atoms with Crippen LogP contribution in [-0.2, 0) is 23.7 Å². The van der Waals surface area contributed by atoms with Gasteiger partial charge in [0, 0.05) is 44.7 Å². The minimum Gasteiger partial charge on any atom is -0.508 e. The average molecular weight is 1820 g/mol. The van der Waals surface area contributed by atoms with Crippen LogP contribution in [-0.4, -0.2) is 97.0 Å². The summed E-state index contributed by atoms with van der Waals surface area (Å²) in [6.07, 6.45) is 0.600. The first kappa shape index (κ1) is 110. The Morgan fingerprint density at radius 2 is 0.418 bits per heavy atom. The standard InChI is InChI=1S/C21H20O5.C20H18O3.C15H16O2.C14H14O2.C6H6O2.5C6H6O.2C4H10.CH4.2H2/c1-12-6-15(8-13-2-4-17(22)10-19(13)24)21(26)16(7-12)9-14-3-5-18(23)11-20(14)25;1-20(14-2-8-17(21)9-3-14,15-4-10-18(22)11-5-15)16-6-12-19(23)13-7-16;1-15(2,11-3-7-13(16)8-4-11)12-5-9-14(17)10-6-12;1-9-7-11(3-5-13(9)15)12-4-6-14(16)10(2)8-12;7-5-2-1-3-6(8)4-5;5*7-6-4-2-1-3-5-6;2*1-4(2)3;;;/h2-7,10-11,22-26H,8-9H2,1H3;2-13,21-23H,1H3;3-10,16-17H,1-2H3;3-8,15-16H,1-2H3;1-4,7-8H;5*1-5,7H;2*4H,1-3H3;1H4;2*1H. The van der Waals surface area contributed by atoms with Gasteiger partial charge in [0.05, 0.1) is 0 Å². The summed E-state index contributed by atoms with van der Waals surface area (Å²) in [5, 5.41) is 176. The Labute approximate surface area is 790 Å². The van der Waals surface area contributed by atoms with Crippen molar-refractivity contribution in [3.8, 4) is 120 Å². The maximum absolute atomic E-state index is 10.7. The molecule has 0 saturated carbocycles. The van der Waals surface area contributed by atoms with Crippen molar-refractivity contribution in [3.05, 3.63) is 449 Å². The minimum atomic E-state index is -0.477. The fourth-order valence-corrected chi connectivity index (χ4v) is 12.1. The lowest BCUT2D eigenvalue weighted by molar-refractivity contribution is 0.444. The van der Waals surface area contributed by atoms with E-state index in [9.17, 15) is 61.3 Å². The van der Waals surface area contributed by atoms with Gasteiger partial charge in [0.1, 0.15) is 109 Å². The van der Waals surface area contributed by atoms with Gasteiger partial charge in [-0.05, 0) is 282 Å². The van der Waals surface area contributed by atoms with Crippen LogP contribution in [0.4, 0.5) is 0 Å². The summed E-state index contributed by atoms with van der Waals surface area (Å²) < 4.78 is 0. The van der Waals surface area contributed by atoms with Crippen LogP contribution < -0.4 is 0 Å². The zero-order valence-electron chi connectivity index (χ0n) is 76.9. The van der Waals surface area contributed by atoms with Gasteiger partial charge in [0.15, 0.2) is 0 Å². The van der Waals surface area contributed by atoms with Gasteiger partial charge in [-0.2, -0.15) is 0 Å². The number of hydrogen-bond acceptors (Lipinski definition) is 19. The van der Waals surface area contributed by atoms with E-state index in [-0.39, 0.29) is 84.7 Å². The molecule has 16 rings (SSSR count). The van der Waals surface area contributed by atoms with E-state index in [0.717, 1.165) is 67.5 Å². The zero-order valence-corrected chi connectivity index (χ0v) is 76.9. The normalized spacial score (nSPS) is 10.0. The lowest BCUT2D eigenvalue weighted by Gasteiger charge is -2.32. The molecule has 0 aliphatic carbocycles. The van der Waals surface area contributed by atoms with Crippen LogP contribution in [0.2, 0.25) is 0 Å². The molecule has 0 unspecified atom stereocenters. The van der Waals surface area contributed by atoms with Crippen molar-refractivity contribution in [1.82, 2.24) is 0 Å².